The zero-order valence-corrected chi connectivity index (χ0v) is 15.1. The van der Waals surface area contributed by atoms with Crippen molar-refractivity contribution in [2.24, 2.45) is 0 Å². The molecule has 0 aliphatic heterocycles. The summed E-state index contributed by atoms with van der Waals surface area (Å²) in [5.41, 5.74) is 2.34. The predicted octanol–water partition coefficient (Wildman–Crippen LogP) is 4.78. The number of para-hydroxylation sites is 1. The van der Waals surface area contributed by atoms with Crippen LogP contribution in [0.3, 0.4) is 0 Å². The zero-order chi connectivity index (χ0) is 18.7. The summed E-state index contributed by atoms with van der Waals surface area (Å²) in [7, 11) is -3.71. The number of nitrogens with zero attached hydrogens (tertiary/aromatic N) is 1. The number of anilines is 3. The maximum atomic E-state index is 12.8. The van der Waals surface area contributed by atoms with Crippen LogP contribution in [0.2, 0.25) is 0 Å². The summed E-state index contributed by atoms with van der Waals surface area (Å²) in [5, 5.41) is 4.69. The van der Waals surface area contributed by atoms with E-state index in [0.717, 1.165) is 16.8 Å². The minimum Gasteiger partial charge on any atom is -0.356 e. The van der Waals surface area contributed by atoms with Gasteiger partial charge in [0.05, 0.1) is 4.90 Å². The highest BCUT2D eigenvalue weighted by Gasteiger charge is 2.17. The van der Waals surface area contributed by atoms with Crippen LogP contribution >= 0.6 is 0 Å². The van der Waals surface area contributed by atoms with E-state index in [4.69, 9.17) is 0 Å². The molecule has 4 aromatic rings. The molecule has 1 aromatic heterocycles. The third-order valence-electron chi connectivity index (χ3n) is 4.13. The van der Waals surface area contributed by atoms with E-state index < -0.39 is 10.0 Å². The maximum Gasteiger partial charge on any atom is 0.262 e. The van der Waals surface area contributed by atoms with Gasteiger partial charge in [-0.25, -0.2) is 8.42 Å². The van der Waals surface area contributed by atoms with Gasteiger partial charge in [-0.3, -0.25) is 9.71 Å². The smallest absolute Gasteiger partial charge is 0.262 e. The van der Waals surface area contributed by atoms with Crippen LogP contribution in [-0.4, -0.2) is 13.4 Å². The van der Waals surface area contributed by atoms with Crippen molar-refractivity contribution in [2.45, 2.75) is 4.90 Å². The van der Waals surface area contributed by atoms with Crippen LogP contribution in [0.5, 0.6) is 0 Å². The van der Waals surface area contributed by atoms with Gasteiger partial charge >= 0.3 is 0 Å². The molecule has 0 atom stereocenters. The Morgan fingerprint density at radius 3 is 2.19 bits per heavy atom. The van der Waals surface area contributed by atoms with Crippen molar-refractivity contribution in [1.82, 2.24) is 4.98 Å². The first-order chi connectivity index (χ1) is 13.1. The first-order valence-electron chi connectivity index (χ1n) is 8.39. The van der Waals surface area contributed by atoms with Crippen LogP contribution in [0.4, 0.5) is 17.1 Å². The molecule has 0 aliphatic carbocycles. The first kappa shape index (κ1) is 17.1. The fourth-order valence-electron chi connectivity index (χ4n) is 2.85. The number of rotatable bonds is 5. The number of nitrogens with one attached hydrogen (secondary N) is 2. The molecule has 0 radical (unpaired) electrons. The second-order valence-corrected chi connectivity index (χ2v) is 7.68. The van der Waals surface area contributed by atoms with Gasteiger partial charge in [-0.05, 0) is 48.5 Å². The standard InChI is InChI=1S/C21H17N3O2S/c25-27(26,21-8-4-5-16-15-22-14-13-20(16)21)24-19-11-9-18(10-12-19)23-17-6-2-1-3-7-17/h1-15,23-24H. The number of hydrogen-bond acceptors (Lipinski definition) is 4. The van der Waals surface area contributed by atoms with Gasteiger partial charge in [0.15, 0.2) is 0 Å². The van der Waals surface area contributed by atoms with Crippen molar-refractivity contribution in [1.29, 1.82) is 0 Å². The molecule has 1 heterocycles. The maximum absolute atomic E-state index is 12.8. The summed E-state index contributed by atoms with van der Waals surface area (Å²) in [6, 6.07) is 23.8. The lowest BCUT2D eigenvalue weighted by molar-refractivity contribution is 0.602. The molecule has 0 saturated carbocycles. The summed E-state index contributed by atoms with van der Waals surface area (Å²) in [6.45, 7) is 0. The van der Waals surface area contributed by atoms with Gasteiger partial charge in [-0.1, -0.05) is 30.3 Å². The molecule has 0 unspecified atom stereocenters. The second kappa shape index (κ2) is 7.09. The van der Waals surface area contributed by atoms with E-state index in [9.17, 15) is 8.42 Å². The fourth-order valence-corrected chi connectivity index (χ4v) is 4.14. The topological polar surface area (TPSA) is 71.1 Å². The van der Waals surface area contributed by atoms with Crippen molar-refractivity contribution in [2.75, 3.05) is 10.0 Å². The highest BCUT2D eigenvalue weighted by Crippen LogP contribution is 2.25. The van der Waals surface area contributed by atoms with Crippen LogP contribution in [0.25, 0.3) is 10.8 Å². The Labute approximate surface area is 157 Å². The van der Waals surface area contributed by atoms with Crippen LogP contribution in [-0.2, 0) is 10.0 Å². The monoisotopic (exact) mass is 375 g/mol. The molecule has 0 aliphatic rings. The number of sulfonamides is 1. The number of pyridine rings is 1. The molecule has 5 nitrogen and oxygen atoms in total. The molecule has 6 heteroatoms. The van der Waals surface area contributed by atoms with Gasteiger partial charge in [0.2, 0.25) is 0 Å². The van der Waals surface area contributed by atoms with E-state index in [-0.39, 0.29) is 4.90 Å². The second-order valence-electron chi connectivity index (χ2n) is 6.03. The van der Waals surface area contributed by atoms with Crippen molar-refractivity contribution >= 4 is 37.9 Å². The van der Waals surface area contributed by atoms with Gasteiger partial charge in [-0.2, -0.15) is 0 Å². The molecule has 0 saturated heterocycles. The Morgan fingerprint density at radius 1 is 0.704 bits per heavy atom. The predicted molar refractivity (Wildman–Crippen MR) is 109 cm³/mol. The molecular formula is C21H17N3O2S. The number of hydrogen-bond donors (Lipinski definition) is 2. The van der Waals surface area contributed by atoms with Crippen molar-refractivity contribution in [3.8, 4) is 0 Å². The lowest BCUT2D eigenvalue weighted by atomic mass is 10.2. The highest BCUT2D eigenvalue weighted by atomic mass is 32.2. The number of fused-ring (bicyclic) bond motifs is 1. The van der Waals surface area contributed by atoms with Crippen LogP contribution in [0.15, 0.2) is 96.2 Å². The van der Waals surface area contributed by atoms with E-state index >= 15 is 0 Å². The van der Waals surface area contributed by atoms with E-state index in [0.29, 0.717) is 11.1 Å². The SMILES string of the molecule is O=S(=O)(Nc1ccc(Nc2ccccc2)cc1)c1cccc2cnccc12. The fraction of sp³-hybridized carbons (Fsp3) is 0. The van der Waals surface area contributed by atoms with Crippen molar-refractivity contribution < 1.29 is 8.42 Å². The third-order valence-corrected chi connectivity index (χ3v) is 5.57. The highest BCUT2D eigenvalue weighted by molar-refractivity contribution is 7.93. The first-order valence-corrected chi connectivity index (χ1v) is 9.88. The van der Waals surface area contributed by atoms with E-state index in [1.54, 1.807) is 42.7 Å². The quantitative estimate of drug-likeness (QED) is 0.527. The van der Waals surface area contributed by atoms with Gasteiger partial charge in [-0.15, -0.1) is 0 Å². The van der Waals surface area contributed by atoms with Crippen LogP contribution in [0.1, 0.15) is 0 Å². The van der Waals surface area contributed by atoms with Gasteiger partial charge in [0.1, 0.15) is 0 Å². The molecule has 2 N–H and O–H groups in total. The summed E-state index contributed by atoms with van der Waals surface area (Å²) in [5.74, 6) is 0. The average molecular weight is 375 g/mol. The molecule has 0 amide bonds. The summed E-state index contributed by atoms with van der Waals surface area (Å²) < 4.78 is 28.3. The van der Waals surface area contributed by atoms with Crippen molar-refractivity contribution in [3.05, 3.63) is 91.3 Å². The molecule has 4 rings (SSSR count). The molecular weight excluding hydrogens is 358 g/mol. The average Bonchev–Trinajstić information content (AvgIpc) is 2.70. The summed E-state index contributed by atoms with van der Waals surface area (Å²) in [6.07, 6.45) is 3.24. The minimum atomic E-state index is -3.71. The van der Waals surface area contributed by atoms with E-state index in [1.165, 1.54) is 0 Å². The molecule has 0 spiro atoms. The van der Waals surface area contributed by atoms with Crippen molar-refractivity contribution in [3.63, 3.8) is 0 Å². The van der Waals surface area contributed by atoms with Gasteiger partial charge in [0, 0.05) is 40.2 Å². The van der Waals surface area contributed by atoms with Crippen LogP contribution < -0.4 is 10.0 Å². The van der Waals surface area contributed by atoms with Gasteiger partial charge in [0.25, 0.3) is 10.0 Å². The Kier molecular flexibility index (Phi) is 4.48. The van der Waals surface area contributed by atoms with E-state index in [2.05, 4.69) is 15.0 Å². The molecule has 27 heavy (non-hydrogen) atoms. The Bertz CT molecular complexity index is 1170. The van der Waals surface area contributed by atoms with E-state index in [1.807, 2.05) is 48.5 Å². The third kappa shape index (κ3) is 3.75. The summed E-state index contributed by atoms with van der Waals surface area (Å²) >= 11 is 0. The Hall–Kier alpha value is -3.38. The Morgan fingerprint density at radius 2 is 1.41 bits per heavy atom. The minimum absolute atomic E-state index is 0.230. The van der Waals surface area contributed by atoms with Gasteiger partial charge < -0.3 is 5.32 Å². The molecule has 0 fully saturated rings. The lowest BCUT2D eigenvalue weighted by Crippen LogP contribution is -2.13. The lowest BCUT2D eigenvalue weighted by Gasteiger charge is -2.11. The summed E-state index contributed by atoms with van der Waals surface area (Å²) in [4.78, 5) is 4.27. The Balaban J connectivity index is 1.57. The normalized spacial score (nSPS) is 11.3. The molecule has 0 bridgehead atoms. The number of benzene rings is 3. The molecule has 3 aromatic carbocycles. The zero-order valence-electron chi connectivity index (χ0n) is 14.3. The molecule has 134 valence electrons. The largest absolute Gasteiger partial charge is 0.356 e. The number of aromatic nitrogens is 1. The van der Waals surface area contributed by atoms with Crippen LogP contribution in [0, 0.1) is 0 Å².